The first-order valence-corrected chi connectivity index (χ1v) is 5.71. The predicted octanol–water partition coefficient (Wildman–Crippen LogP) is 0.733. The molecule has 0 fully saturated rings. The van der Waals surface area contributed by atoms with Gasteiger partial charge in [0, 0.05) is 12.6 Å². The summed E-state index contributed by atoms with van der Waals surface area (Å²) in [5, 5.41) is 8.86. The third kappa shape index (κ3) is 5.14. The maximum atomic E-state index is 11.9. The zero-order valence-corrected chi connectivity index (χ0v) is 10.1. The van der Waals surface area contributed by atoms with Gasteiger partial charge in [-0.15, -0.1) is 0 Å². The Balaban J connectivity index is 4.22. The summed E-state index contributed by atoms with van der Waals surface area (Å²) < 4.78 is 0. The zero-order valence-electron chi connectivity index (χ0n) is 10.1. The topological polar surface area (TPSA) is 66.6 Å². The molecule has 0 rings (SSSR count). The van der Waals surface area contributed by atoms with Crippen LogP contribution in [0.15, 0.2) is 0 Å². The quantitative estimate of drug-likeness (QED) is 0.659. The summed E-state index contributed by atoms with van der Waals surface area (Å²) in [6, 6.07) is -0.323. The van der Waals surface area contributed by atoms with Gasteiger partial charge in [-0.05, 0) is 20.3 Å². The van der Waals surface area contributed by atoms with Crippen molar-refractivity contribution in [2.75, 3.05) is 13.2 Å². The predicted molar refractivity (Wildman–Crippen MR) is 61.4 cm³/mol. The van der Waals surface area contributed by atoms with Crippen LogP contribution < -0.4 is 5.73 Å². The lowest BCUT2D eigenvalue weighted by atomic mass is 10.1. The standard InChI is InChI=1S/C11H24N2O2/c1-4-5-6-10(12)11(15)13(7-8-14)9(2)3/h9-10,14H,4-8,12H2,1-3H3. The van der Waals surface area contributed by atoms with E-state index in [1.165, 1.54) is 0 Å². The van der Waals surface area contributed by atoms with Gasteiger partial charge >= 0.3 is 0 Å². The minimum atomic E-state index is -0.418. The third-order valence-corrected chi connectivity index (χ3v) is 2.43. The number of carbonyl (C=O) groups is 1. The van der Waals surface area contributed by atoms with Crippen LogP contribution >= 0.6 is 0 Å². The Kier molecular flexibility index (Phi) is 7.34. The van der Waals surface area contributed by atoms with Gasteiger partial charge in [0.15, 0.2) is 0 Å². The molecule has 1 atom stereocenters. The molecule has 15 heavy (non-hydrogen) atoms. The smallest absolute Gasteiger partial charge is 0.239 e. The summed E-state index contributed by atoms with van der Waals surface area (Å²) in [6.07, 6.45) is 2.74. The van der Waals surface area contributed by atoms with Gasteiger partial charge in [0.1, 0.15) is 0 Å². The van der Waals surface area contributed by atoms with E-state index in [4.69, 9.17) is 10.8 Å². The van der Waals surface area contributed by atoms with E-state index in [1.54, 1.807) is 4.90 Å². The van der Waals surface area contributed by atoms with Crippen molar-refractivity contribution in [3.63, 3.8) is 0 Å². The van der Waals surface area contributed by atoms with Crippen LogP contribution in [-0.4, -0.2) is 41.1 Å². The van der Waals surface area contributed by atoms with E-state index >= 15 is 0 Å². The highest BCUT2D eigenvalue weighted by Gasteiger charge is 2.21. The largest absolute Gasteiger partial charge is 0.395 e. The summed E-state index contributed by atoms with van der Waals surface area (Å²) in [4.78, 5) is 13.5. The summed E-state index contributed by atoms with van der Waals surface area (Å²) >= 11 is 0. The minimum Gasteiger partial charge on any atom is -0.395 e. The van der Waals surface area contributed by atoms with E-state index in [-0.39, 0.29) is 18.6 Å². The summed E-state index contributed by atoms with van der Waals surface area (Å²) in [6.45, 7) is 6.30. The Bertz CT molecular complexity index is 183. The molecule has 0 aromatic rings. The number of nitrogens with zero attached hydrogens (tertiary/aromatic N) is 1. The number of aliphatic hydroxyl groups excluding tert-OH is 1. The molecule has 0 aliphatic rings. The van der Waals surface area contributed by atoms with Crippen LogP contribution in [-0.2, 0) is 4.79 Å². The second-order valence-corrected chi connectivity index (χ2v) is 4.10. The molecule has 0 aromatic carbocycles. The molecule has 4 heteroatoms. The minimum absolute atomic E-state index is 0.00951. The molecule has 4 nitrogen and oxygen atoms in total. The lowest BCUT2D eigenvalue weighted by Crippen LogP contribution is -2.48. The van der Waals surface area contributed by atoms with Gasteiger partial charge in [0.25, 0.3) is 0 Å². The molecule has 1 amide bonds. The van der Waals surface area contributed by atoms with Gasteiger partial charge in [-0.3, -0.25) is 4.79 Å². The lowest BCUT2D eigenvalue weighted by molar-refractivity contribution is -0.135. The molecular formula is C11H24N2O2. The maximum Gasteiger partial charge on any atom is 0.239 e. The van der Waals surface area contributed by atoms with E-state index in [2.05, 4.69) is 6.92 Å². The Morgan fingerprint density at radius 2 is 2.07 bits per heavy atom. The summed E-state index contributed by atoms with van der Waals surface area (Å²) in [5.74, 6) is -0.0486. The fourth-order valence-electron chi connectivity index (χ4n) is 1.49. The van der Waals surface area contributed by atoms with Gasteiger partial charge in [-0.2, -0.15) is 0 Å². The van der Waals surface area contributed by atoms with E-state index in [0.717, 1.165) is 19.3 Å². The van der Waals surface area contributed by atoms with E-state index < -0.39 is 6.04 Å². The van der Waals surface area contributed by atoms with Crippen molar-refractivity contribution in [3.05, 3.63) is 0 Å². The number of carbonyl (C=O) groups excluding carboxylic acids is 1. The van der Waals surface area contributed by atoms with Crippen molar-refractivity contribution >= 4 is 5.91 Å². The highest BCUT2D eigenvalue weighted by molar-refractivity contribution is 5.81. The average molecular weight is 216 g/mol. The van der Waals surface area contributed by atoms with Crippen molar-refractivity contribution in [1.29, 1.82) is 0 Å². The van der Waals surface area contributed by atoms with Crippen LogP contribution in [0.3, 0.4) is 0 Å². The summed E-state index contributed by atoms with van der Waals surface area (Å²) in [5.41, 5.74) is 5.80. The lowest BCUT2D eigenvalue weighted by Gasteiger charge is -2.28. The number of unbranched alkanes of at least 4 members (excludes halogenated alkanes) is 1. The monoisotopic (exact) mass is 216 g/mol. The fraction of sp³-hybridized carbons (Fsp3) is 0.909. The highest BCUT2D eigenvalue weighted by Crippen LogP contribution is 2.05. The molecule has 0 aliphatic carbocycles. The van der Waals surface area contributed by atoms with Crippen LogP contribution in [0.4, 0.5) is 0 Å². The Labute approximate surface area is 92.4 Å². The van der Waals surface area contributed by atoms with Crippen molar-refractivity contribution in [1.82, 2.24) is 4.90 Å². The van der Waals surface area contributed by atoms with Crippen LogP contribution in [0.1, 0.15) is 40.0 Å². The molecule has 0 aromatic heterocycles. The van der Waals surface area contributed by atoms with Crippen molar-refractivity contribution in [3.8, 4) is 0 Å². The number of amides is 1. The Morgan fingerprint density at radius 3 is 2.47 bits per heavy atom. The van der Waals surface area contributed by atoms with Gasteiger partial charge in [-0.1, -0.05) is 19.8 Å². The maximum absolute atomic E-state index is 11.9. The van der Waals surface area contributed by atoms with Crippen LogP contribution in [0.5, 0.6) is 0 Å². The highest BCUT2D eigenvalue weighted by atomic mass is 16.3. The van der Waals surface area contributed by atoms with Gasteiger partial charge in [-0.25, -0.2) is 0 Å². The SMILES string of the molecule is CCCCC(N)C(=O)N(CCO)C(C)C. The Morgan fingerprint density at radius 1 is 1.47 bits per heavy atom. The van der Waals surface area contributed by atoms with E-state index in [9.17, 15) is 4.79 Å². The van der Waals surface area contributed by atoms with Crippen molar-refractivity contribution in [2.45, 2.75) is 52.1 Å². The normalized spacial score (nSPS) is 12.9. The zero-order chi connectivity index (χ0) is 11.8. The number of aliphatic hydroxyl groups is 1. The molecule has 0 heterocycles. The second kappa shape index (κ2) is 7.65. The number of hydrogen-bond acceptors (Lipinski definition) is 3. The van der Waals surface area contributed by atoms with Crippen LogP contribution in [0.2, 0.25) is 0 Å². The van der Waals surface area contributed by atoms with Crippen molar-refractivity contribution in [2.24, 2.45) is 5.73 Å². The molecule has 0 radical (unpaired) electrons. The first-order valence-electron chi connectivity index (χ1n) is 5.71. The molecule has 0 saturated heterocycles. The molecule has 0 saturated carbocycles. The third-order valence-electron chi connectivity index (χ3n) is 2.43. The molecule has 0 bridgehead atoms. The van der Waals surface area contributed by atoms with E-state index in [0.29, 0.717) is 6.54 Å². The first-order chi connectivity index (χ1) is 7.04. The average Bonchev–Trinajstić information content (AvgIpc) is 2.21. The van der Waals surface area contributed by atoms with Crippen LogP contribution in [0, 0.1) is 0 Å². The van der Waals surface area contributed by atoms with Gasteiger partial charge in [0.05, 0.1) is 12.6 Å². The van der Waals surface area contributed by atoms with Gasteiger partial charge in [0.2, 0.25) is 5.91 Å². The van der Waals surface area contributed by atoms with Crippen LogP contribution in [0.25, 0.3) is 0 Å². The summed E-state index contributed by atoms with van der Waals surface area (Å²) in [7, 11) is 0. The molecule has 0 spiro atoms. The van der Waals surface area contributed by atoms with E-state index in [1.807, 2.05) is 13.8 Å². The fourth-order valence-corrected chi connectivity index (χ4v) is 1.49. The number of hydrogen-bond donors (Lipinski definition) is 2. The van der Waals surface area contributed by atoms with Gasteiger partial charge < -0.3 is 15.7 Å². The number of nitrogens with two attached hydrogens (primary N) is 1. The molecular weight excluding hydrogens is 192 g/mol. The second-order valence-electron chi connectivity index (χ2n) is 4.10. The Hall–Kier alpha value is -0.610. The first kappa shape index (κ1) is 14.4. The molecule has 3 N–H and O–H groups in total. The molecule has 90 valence electrons. The molecule has 1 unspecified atom stereocenters. The van der Waals surface area contributed by atoms with Crippen molar-refractivity contribution < 1.29 is 9.90 Å². The number of rotatable bonds is 7. The molecule has 0 aliphatic heterocycles.